The molecule has 3 aromatic rings. The van der Waals surface area contributed by atoms with Crippen LogP contribution >= 0.6 is 0 Å². The number of benzene rings is 3. The second kappa shape index (κ2) is 8.67. The van der Waals surface area contributed by atoms with Gasteiger partial charge in [0.25, 0.3) is 11.8 Å². The summed E-state index contributed by atoms with van der Waals surface area (Å²) in [5, 5.41) is 11.0. The van der Waals surface area contributed by atoms with Gasteiger partial charge in [-0.25, -0.2) is 0 Å². The Morgan fingerprint density at radius 3 is 2.16 bits per heavy atom. The van der Waals surface area contributed by atoms with Crippen LogP contribution in [0.25, 0.3) is 11.6 Å². The third kappa shape index (κ3) is 4.38. The number of aliphatic carboxylic acids is 1. The first kappa shape index (κ1) is 20.1. The quantitative estimate of drug-likeness (QED) is 0.459. The molecule has 0 N–H and O–H groups in total. The molecule has 0 radical (unpaired) electrons. The van der Waals surface area contributed by atoms with Crippen molar-refractivity contribution in [3.05, 3.63) is 101 Å². The number of nitrogens with zero attached hydrogens (tertiary/aromatic N) is 1. The number of rotatable bonds is 6. The van der Waals surface area contributed by atoms with Crippen molar-refractivity contribution < 1.29 is 24.2 Å². The van der Waals surface area contributed by atoms with Crippen molar-refractivity contribution in [1.82, 2.24) is 4.90 Å². The number of hydrogen-bond donors (Lipinski definition) is 0. The van der Waals surface area contributed by atoms with Gasteiger partial charge < -0.3 is 14.6 Å². The maximum Gasteiger partial charge on any atom is 0.261 e. The Bertz CT molecular complexity index is 1170. The van der Waals surface area contributed by atoms with Gasteiger partial charge in [0, 0.05) is 11.1 Å². The molecule has 3 aromatic carbocycles. The molecule has 0 atom stereocenters. The lowest BCUT2D eigenvalue weighted by molar-refractivity contribution is -0.305. The van der Waals surface area contributed by atoms with Crippen molar-refractivity contribution in [3.63, 3.8) is 0 Å². The molecule has 0 unspecified atom stereocenters. The molecule has 4 rings (SSSR count). The summed E-state index contributed by atoms with van der Waals surface area (Å²) in [6.07, 6.45) is 1.64. The molecule has 1 heterocycles. The number of carbonyl (C=O) groups excluding carboxylic acids is 3. The minimum atomic E-state index is -1.50. The van der Waals surface area contributed by atoms with Gasteiger partial charge in [-0.05, 0) is 41.0 Å². The highest BCUT2D eigenvalue weighted by atomic mass is 16.5. The Hall–Kier alpha value is -4.19. The van der Waals surface area contributed by atoms with Crippen LogP contribution in [0.3, 0.4) is 0 Å². The zero-order valence-corrected chi connectivity index (χ0v) is 16.5. The highest BCUT2D eigenvalue weighted by molar-refractivity contribution is 6.34. The number of ether oxygens (including phenoxy) is 1. The minimum absolute atomic E-state index is 0.245. The molecule has 0 saturated heterocycles. The molecule has 1 aliphatic rings. The van der Waals surface area contributed by atoms with Crippen LogP contribution in [0.2, 0.25) is 0 Å². The second-order valence-electron chi connectivity index (χ2n) is 7.02. The second-order valence-corrected chi connectivity index (χ2v) is 7.02. The Labute approximate surface area is 179 Å². The summed E-state index contributed by atoms with van der Waals surface area (Å²) in [5.74, 6) is -2.14. The Morgan fingerprint density at radius 2 is 1.48 bits per heavy atom. The summed E-state index contributed by atoms with van der Waals surface area (Å²) >= 11 is 0. The SMILES string of the molecule is O=C([O-])CN1C(=O)/C(=C\c2ccc(OCc3ccccc3)cc2)c2ccccc2C1=O. The fourth-order valence-electron chi connectivity index (χ4n) is 3.38. The third-order valence-corrected chi connectivity index (χ3v) is 4.90. The molecule has 31 heavy (non-hydrogen) atoms. The first-order chi connectivity index (χ1) is 15.0. The first-order valence-corrected chi connectivity index (χ1v) is 9.67. The summed E-state index contributed by atoms with van der Waals surface area (Å²) in [6.45, 7) is -0.358. The number of amides is 2. The van der Waals surface area contributed by atoms with Gasteiger partial charge in [0.1, 0.15) is 12.4 Å². The number of carbonyl (C=O) groups is 3. The van der Waals surface area contributed by atoms with E-state index in [4.69, 9.17) is 4.74 Å². The van der Waals surface area contributed by atoms with Crippen LogP contribution < -0.4 is 9.84 Å². The molecule has 154 valence electrons. The van der Waals surface area contributed by atoms with Crippen molar-refractivity contribution in [2.75, 3.05) is 6.54 Å². The zero-order valence-electron chi connectivity index (χ0n) is 16.5. The van der Waals surface area contributed by atoms with Gasteiger partial charge in [-0.15, -0.1) is 0 Å². The molecule has 6 heteroatoms. The highest BCUT2D eigenvalue weighted by Crippen LogP contribution is 2.30. The molecule has 0 aromatic heterocycles. The fourth-order valence-corrected chi connectivity index (χ4v) is 3.38. The molecular weight excluding hydrogens is 394 g/mol. The lowest BCUT2D eigenvalue weighted by Crippen LogP contribution is -2.47. The van der Waals surface area contributed by atoms with E-state index >= 15 is 0 Å². The third-order valence-electron chi connectivity index (χ3n) is 4.90. The Kier molecular flexibility index (Phi) is 5.62. The van der Waals surface area contributed by atoms with E-state index in [0.717, 1.165) is 5.56 Å². The average Bonchev–Trinajstić information content (AvgIpc) is 2.79. The van der Waals surface area contributed by atoms with Crippen LogP contribution in [-0.4, -0.2) is 29.2 Å². The molecule has 0 aliphatic carbocycles. The zero-order chi connectivity index (χ0) is 21.8. The summed E-state index contributed by atoms with van der Waals surface area (Å²) < 4.78 is 5.78. The van der Waals surface area contributed by atoms with Crippen LogP contribution in [-0.2, 0) is 16.2 Å². The molecule has 0 fully saturated rings. The van der Waals surface area contributed by atoms with Crippen molar-refractivity contribution in [1.29, 1.82) is 0 Å². The van der Waals surface area contributed by atoms with Gasteiger partial charge in [0.15, 0.2) is 0 Å². The number of carboxylic acids is 1. The number of hydrogen-bond acceptors (Lipinski definition) is 5. The summed E-state index contributed by atoms with van der Waals surface area (Å²) in [4.78, 5) is 37.2. The molecular formula is C25H18NO5-. The molecule has 2 amide bonds. The van der Waals surface area contributed by atoms with Crippen molar-refractivity contribution in [3.8, 4) is 5.75 Å². The van der Waals surface area contributed by atoms with Gasteiger partial charge in [-0.3, -0.25) is 14.5 Å². The van der Waals surface area contributed by atoms with Gasteiger partial charge in [0.2, 0.25) is 0 Å². The lowest BCUT2D eigenvalue weighted by atomic mass is 9.92. The van der Waals surface area contributed by atoms with Crippen LogP contribution in [0, 0.1) is 0 Å². The molecule has 0 bridgehead atoms. The molecule has 0 spiro atoms. The normalized spacial score (nSPS) is 14.5. The first-order valence-electron chi connectivity index (χ1n) is 9.67. The van der Waals surface area contributed by atoms with Crippen LogP contribution in [0.5, 0.6) is 5.75 Å². The standard InChI is InChI=1S/C25H19NO5/c27-23(28)15-26-24(29)21-9-5-4-8-20(21)22(25(26)30)14-17-10-12-19(13-11-17)31-16-18-6-2-1-3-7-18/h1-14H,15-16H2,(H,27,28)/p-1/b22-14-. The van der Waals surface area contributed by atoms with E-state index in [1.54, 1.807) is 54.6 Å². The van der Waals surface area contributed by atoms with Crippen LogP contribution in [0.15, 0.2) is 78.9 Å². The molecule has 1 aliphatic heterocycles. The van der Waals surface area contributed by atoms with Gasteiger partial charge in [-0.1, -0.05) is 60.7 Å². The van der Waals surface area contributed by atoms with Gasteiger partial charge in [-0.2, -0.15) is 0 Å². The molecule has 6 nitrogen and oxygen atoms in total. The maximum atomic E-state index is 12.9. The number of imide groups is 1. The van der Waals surface area contributed by atoms with Crippen molar-refractivity contribution >= 4 is 29.4 Å². The summed E-state index contributed by atoms with van der Waals surface area (Å²) in [7, 11) is 0. The van der Waals surface area contributed by atoms with Gasteiger partial charge >= 0.3 is 0 Å². The van der Waals surface area contributed by atoms with Crippen LogP contribution in [0.1, 0.15) is 27.0 Å². The van der Waals surface area contributed by atoms with E-state index in [2.05, 4.69) is 0 Å². The van der Waals surface area contributed by atoms with Crippen molar-refractivity contribution in [2.24, 2.45) is 0 Å². The monoisotopic (exact) mass is 412 g/mol. The Balaban J connectivity index is 1.60. The summed E-state index contributed by atoms with van der Waals surface area (Å²) in [6, 6.07) is 23.6. The number of fused-ring (bicyclic) bond motifs is 1. The highest BCUT2D eigenvalue weighted by Gasteiger charge is 2.34. The fraction of sp³-hybridized carbons (Fsp3) is 0.0800. The Morgan fingerprint density at radius 1 is 0.839 bits per heavy atom. The smallest absolute Gasteiger partial charge is 0.261 e. The topological polar surface area (TPSA) is 86.7 Å². The van der Waals surface area contributed by atoms with Crippen molar-refractivity contribution in [2.45, 2.75) is 6.61 Å². The molecule has 0 saturated carbocycles. The minimum Gasteiger partial charge on any atom is -0.548 e. The lowest BCUT2D eigenvalue weighted by Gasteiger charge is -2.28. The van der Waals surface area contributed by atoms with E-state index in [9.17, 15) is 19.5 Å². The van der Waals surface area contributed by atoms with Gasteiger partial charge in [0.05, 0.1) is 12.5 Å². The number of carboxylic acid groups (broad SMARTS) is 1. The predicted octanol–water partition coefficient (Wildman–Crippen LogP) is 2.54. The predicted molar refractivity (Wildman–Crippen MR) is 113 cm³/mol. The van der Waals surface area contributed by atoms with E-state index < -0.39 is 24.3 Å². The van der Waals surface area contributed by atoms with E-state index in [0.29, 0.717) is 28.4 Å². The van der Waals surface area contributed by atoms with Crippen LogP contribution in [0.4, 0.5) is 0 Å². The largest absolute Gasteiger partial charge is 0.548 e. The van der Waals surface area contributed by atoms with E-state index in [1.807, 2.05) is 30.3 Å². The summed E-state index contributed by atoms with van der Waals surface area (Å²) in [5.41, 5.74) is 2.76. The van der Waals surface area contributed by atoms with E-state index in [-0.39, 0.29) is 11.1 Å². The average molecular weight is 412 g/mol. The maximum absolute atomic E-state index is 12.9. The van der Waals surface area contributed by atoms with E-state index in [1.165, 1.54) is 0 Å².